The molecule has 4 rings (SSSR count). The molecule has 1 aromatic heterocycles. The second-order valence-corrected chi connectivity index (χ2v) is 7.50. The van der Waals surface area contributed by atoms with Crippen LogP contribution in [0, 0.1) is 6.92 Å². The second-order valence-electron chi connectivity index (χ2n) is 7.50. The molecule has 1 heterocycles. The fourth-order valence-corrected chi connectivity index (χ4v) is 3.90. The molecular weight excluding hydrogens is 424 g/mol. The fourth-order valence-electron chi connectivity index (χ4n) is 3.90. The highest BCUT2D eigenvalue weighted by molar-refractivity contribution is 6.12. The van der Waals surface area contributed by atoms with Gasteiger partial charge in [0.2, 0.25) is 0 Å². The number of ether oxygens (including phenoxy) is 4. The van der Waals surface area contributed by atoms with Gasteiger partial charge in [-0.15, -0.1) is 0 Å². The molecule has 4 aromatic rings. The molecule has 0 spiro atoms. The second kappa shape index (κ2) is 8.78. The van der Waals surface area contributed by atoms with Crippen LogP contribution in [-0.2, 0) is 0 Å². The van der Waals surface area contributed by atoms with Gasteiger partial charge >= 0.3 is 5.97 Å². The molecule has 3 aromatic carbocycles. The van der Waals surface area contributed by atoms with Crippen LogP contribution in [0.2, 0.25) is 0 Å². The average molecular weight is 448 g/mol. The van der Waals surface area contributed by atoms with Crippen LogP contribution in [0.1, 0.15) is 15.9 Å². The average Bonchev–Trinajstić information content (AvgIpc) is 3.21. The first kappa shape index (κ1) is 22.1. The first-order valence-corrected chi connectivity index (χ1v) is 10.2. The SMILES string of the molecule is COc1cc(OC)cc(-c2oc3cc(C)cc(C(=O)O)c3c2-c2cc(OC)cc(OC)c2)c1. The molecule has 0 saturated heterocycles. The highest BCUT2D eigenvalue weighted by Gasteiger charge is 2.25. The van der Waals surface area contributed by atoms with E-state index in [1.807, 2.05) is 37.3 Å². The minimum Gasteiger partial charge on any atom is -0.497 e. The number of benzene rings is 3. The summed E-state index contributed by atoms with van der Waals surface area (Å²) in [6.07, 6.45) is 0. The highest BCUT2D eigenvalue weighted by Crippen LogP contribution is 2.46. The number of furan rings is 1. The summed E-state index contributed by atoms with van der Waals surface area (Å²) < 4.78 is 28.1. The maximum absolute atomic E-state index is 12.2. The lowest BCUT2D eigenvalue weighted by atomic mass is 9.94. The van der Waals surface area contributed by atoms with Gasteiger partial charge in [0.05, 0.1) is 34.0 Å². The molecule has 7 nitrogen and oxygen atoms in total. The first-order chi connectivity index (χ1) is 15.9. The zero-order chi connectivity index (χ0) is 23.7. The molecule has 0 amide bonds. The highest BCUT2D eigenvalue weighted by atomic mass is 16.5. The number of hydrogen-bond donors (Lipinski definition) is 1. The van der Waals surface area contributed by atoms with Crippen molar-refractivity contribution in [3.05, 3.63) is 59.7 Å². The van der Waals surface area contributed by atoms with E-state index in [4.69, 9.17) is 23.4 Å². The zero-order valence-corrected chi connectivity index (χ0v) is 19.0. The molecule has 0 aliphatic carbocycles. The maximum Gasteiger partial charge on any atom is 0.336 e. The van der Waals surface area contributed by atoms with Crippen molar-refractivity contribution in [2.45, 2.75) is 6.92 Å². The monoisotopic (exact) mass is 448 g/mol. The van der Waals surface area contributed by atoms with E-state index in [1.54, 1.807) is 46.6 Å². The predicted molar refractivity (Wildman–Crippen MR) is 125 cm³/mol. The topological polar surface area (TPSA) is 87.4 Å². The number of carbonyl (C=O) groups is 1. The minimum absolute atomic E-state index is 0.145. The minimum atomic E-state index is -1.05. The van der Waals surface area contributed by atoms with Gasteiger partial charge in [-0.05, 0) is 54.4 Å². The molecule has 0 bridgehead atoms. The number of methoxy groups -OCH3 is 4. The molecular formula is C26H24O7. The van der Waals surface area contributed by atoms with Gasteiger partial charge < -0.3 is 28.5 Å². The first-order valence-electron chi connectivity index (χ1n) is 10.2. The summed E-state index contributed by atoms with van der Waals surface area (Å²) in [6.45, 7) is 1.83. The lowest BCUT2D eigenvalue weighted by molar-refractivity contribution is 0.0699. The summed E-state index contributed by atoms with van der Waals surface area (Å²) >= 11 is 0. The van der Waals surface area contributed by atoms with Gasteiger partial charge in [0, 0.05) is 28.6 Å². The number of hydrogen-bond acceptors (Lipinski definition) is 6. The fraction of sp³-hybridized carbons (Fsp3) is 0.192. The molecule has 1 N–H and O–H groups in total. The van der Waals surface area contributed by atoms with E-state index in [-0.39, 0.29) is 5.56 Å². The summed E-state index contributed by atoms with van der Waals surface area (Å²) in [5.74, 6) is 1.72. The molecule has 7 heteroatoms. The van der Waals surface area contributed by atoms with Crippen molar-refractivity contribution in [3.63, 3.8) is 0 Å². The molecule has 0 unspecified atom stereocenters. The predicted octanol–water partition coefficient (Wildman–Crippen LogP) is 5.81. The van der Waals surface area contributed by atoms with E-state index >= 15 is 0 Å². The van der Waals surface area contributed by atoms with Crippen LogP contribution in [0.25, 0.3) is 33.4 Å². The van der Waals surface area contributed by atoms with E-state index in [0.29, 0.717) is 56.4 Å². The summed E-state index contributed by atoms with van der Waals surface area (Å²) in [4.78, 5) is 12.2. The number of carboxylic acids is 1. The Morgan fingerprint density at radius 1 is 0.727 bits per heavy atom. The van der Waals surface area contributed by atoms with Crippen LogP contribution in [0.3, 0.4) is 0 Å². The molecule has 0 fully saturated rings. The molecule has 33 heavy (non-hydrogen) atoms. The number of fused-ring (bicyclic) bond motifs is 1. The third-order valence-corrected chi connectivity index (χ3v) is 5.42. The van der Waals surface area contributed by atoms with Crippen molar-refractivity contribution in [1.82, 2.24) is 0 Å². The zero-order valence-electron chi connectivity index (χ0n) is 19.0. The quantitative estimate of drug-likeness (QED) is 0.382. The number of aryl methyl sites for hydroxylation is 1. The van der Waals surface area contributed by atoms with E-state index in [9.17, 15) is 9.90 Å². The Labute approximate surface area is 191 Å². The summed E-state index contributed by atoms with van der Waals surface area (Å²) in [7, 11) is 6.26. The Hall–Kier alpha value is -4.13. The van der Waals surface area contributed by atoms with Crippen LogP contribution >= 0.6 is 0 Å². The van der Waals surface area contributed by atoms with Gasteiger partial charge in [0.15, 0.2) is 0 Å². The summed E-state index contributed by atoms with van der Waals surface area (Å²) in [5, 5.41) is 10.5. The number of aromatic carboxylic acids is 1. The Morgan fingerprint density at radius 3 is 1.67 bits per heavy atom. The number of carboxylic acid groups (broad SMARTS) is 1. The summed E-state index contributed by atoms with van der Waals surface area (Å²) in [5.41, 5.74) is 3.35. The van der Waals surface area contributed by atoms with E-state index in [2.05, 4.69) is 0 Å². The standard InChI is InChI=1S/C26H24O7/c1-14-6-21(26(27)28)24-22(7-14)33-25(16-10-19(31-4)13-20(11-16)32-5)23(24)15-8-17(29-2)12-18(9-15)30-3/h6-13H,1-5H3,(H,27,28). The van der Waals surface area contributed by atoms with E-state index < -0.39 is 5.97 Å². The third-order valence-electron chi connectivity index (χ3n) is 5.42. The van der Waals surface area contributed by atoms with Crippen molar-refractivity contribution in [3.8, 4) is 45.4 Å². The van der Waals surface area contributed by atoms with Gasteiger partial charge in [-0.3, -0.25) is 0 Å². The van der Waals surface area contributed by atoms with Crippen LogP contribution in [-0.4, -0.2) is 39.5 Å². The van der Waals surface area contributed by atoms with E-state index in [0.717, 1.165) is 5.56 Å². The summed E-state index contributed by atoms with van der Waals surface area (Å²) in [6, 6.07) is 14.2. The largest absolute Gasteiger partial charge is 0.497 e. The lowest BCUT2D eigenvalue weighted by Gasteiger charge is -2.12. The normalized spacial score (nSPS) is 10.8. The Bertz CT molecular complexity index is 1310. The van der Waals surface area contributed by atoms with Gasteiger partial charge in [-0.1, -0.05) is 0 Å². The molecule has 0 atom stereocenters. The molecule has 170 valence electrons. The van der Waals surface area contributed by atoms with Crippen LogP contribution in [0.4, 0.5) is 0 Å². The maximum atomic E-state index is 12.2. The van der Waals surface area contributed by atoms with Crippen molar-refractivity contribution >= 4 is 16.9 Å². The van der Waals surface area contributed by atoms with E-state index in [1.165, 1.54) is 0 Å². The third kappa shape index (κ3) is 4.05. The van der Waals surface area contributed by atoms with Crippen molar-refractivity contribution in [2.24, 2.45) is 0 Å². The van der Waals surface area contributed by atoms with Crippen molar-refractivity contribution in [2.75, 3.05) is 28.4 Å². The van der Waals surface area contributed by atoms with Crippen molar-refractivity contribution < 1.29 is 33.3 Å². The van der Waals surface area contributed by atoms with Gasteiger partial charge in [0.25, 0.3) is 0 Å². The van der Waals surface area contributed by atoms with Crippen LogP contribution in [0.5, 0.6) is 23.0 Å². The van der Waals surface area contributed by atoms with Crippen LogP contribution < -0.4 is 18.9 Å². The van der Waals surface area contributed by atoms with Crippen LogP contribution in [0.15, 0.2) is 52.9 Å². The molecule has 0 aliphatic heterocycles. The molecule has 0 radical (unpaired) electrons. The number of rotatable bonds is 7. The Morgan fingerprint density at radius 2 is 1.21 bits per heavy atom. The molecule has 0 saturated carbocycles. The van der Waals surface area contributed by atoms with Gasteiger partial charge in [0.1, 0.15) is 34.3 Å². The van der Waals surface area contributed by atoms with Crippen molar-refractivity contribution in [1.29, 1.82) is 0 Å². The Balaban J connectivity index is 2.15. The Kier molecular flexibility index (Phi) is 5.87. The lowest BCUT2D eigenvalue weighted by Crippen LogP contribution is -1.98. The smallest absolute Gasteiger partial charge is 0.336 e. The van der Waals surface area contributed by atoms with Gasteiger partial charge in [-0.2, -0.15) is 0 Å². The molecule has 0 aliphatic rings. The van der Waals surface area contributed by atoms with Gasteiger partial charge in [-0.25, -0.2) is 4.79 Å².